The van der Waals surface area contributed by atoms with E-state index in [1.165, 1.54) is 0 Å². The number of anilines is 1. The third-order valence-electron chi connectivity index (χ3n) is 3.35. The number of hydrogen-bond acceptors (Lipinski definition) is 6. The summed E-state index contributed by atoms with van der Waals surface area (Å²) < 4.78 is 1.84. The number of nitrogen functional groups attached to an aromatic ring is 1. The van der Waals surface area contributed by atoms with Gasteiger partial charge in [-0.2, -0.15) is 0 Å². The maximum Gasteiger partial charge on any atom is 0.313 e. The molecule has 0 amide bonds. The van der Waals surface area contributed by atoms with E-state index in [0.717, 1.165) is 44.2 Å². The first kappa shape index (κ1) is 14.1. The summed E-state index contributed by atoms with van der Waals surface area (Å²) in [5.74, 6) is 0.0360. The van der Waals surface area contributed by atoms with Crippen LogP contribution in [0, 0.1) is 5.92 Å². The standard InChI is InChI=1S/C11H19N5O2S/c1-15-4-2-8(3-5-15)6-16-10(12)13-14-11(16)19-7-9(17)18/h8H,2-7H2,1H3,(H2,12,13)(H,17,18). The van der Waals surface area contributed by atoms with Gasteiger partial charge in [0, 0.05) is 6.54 Å². The maximum atomic E-state index is 10.6. The molecule has 1 aliphatic heterocycles. The second kappa shape index (κ2) is 6.25. The number of nitrogens with two attached hydrogens (primary N) is 1. The molecule has 1 aromatic rings. The van der Waals surface area contributed by atoms with E-state index in [4.69, 9.17) is 10.8 Å². The molecule has 106 valence electrons. The molecule has 8 heteroatoms. The summed E-state index contributed by atoms with van der Waals surface area (Å²) in [5.41, 5.74) is 5.81. The van der Waals surface area contributed by atoms with Crippen molar-refractivity contribution in [2.75, 3.05) is 31.6 Å². The molecule has 0 spiro atoms. The van der Waals surface area contributed by atoms with Crippen molar-refractivity contribution in [3.63, 3.8) is 0 Å². The van der Waals surface area contributed by atoms with Gasteiger partial charge in [0.15, 0.2) is 5.16 Å². The number of rotatable bonds is 5. The lowest BCUT2D eigenvalue weighted by Crippen LogP contribution is -2.32. The number of piperidine rings is 1. The van der Waals surface area contributed by atoms with Gasteiger partial charge in [-0.15, -0.1) is 10.2 Å². The summed E-state index contributed by atoms with van der Waals surface area (Å²) in [6.07, 6.45) is 2.24. The Balaban J connectivity index is 1.98. The number of carboxylic acids is 1. The van der Waals surface area contributed by atoms with Crippen LogP contribution >= 0.6 is 11.8 Å². The first-order valence-corrected chi connectivity index (χ1v) is 7.26. The van der Waals surface area contributed by atoms with E-state index in [2.05, 4.69) is 22.1 Å². The maximum absolute atomic E-state index is 10.6. The van der Waals surface area contributed by atoms with Crippen LogP contribution in [0.25, 0.3) is 0 Å². The number of aromatic nitrogens is 3. The number of hydrogen-bond donors (Lipinski definition) is 2. The van der Waals surface area contributed by atoms with Crippen LogP contribution in [0.1, 0.15) is 12.8 Å². The van der Waals surface area contributed by atoms with E-state index in [1.54, 1.807) is 0 Å². The average Bonchev–Trinajstić information content (AvgIpc) is 2.71. The van der Waals surface area contributed by atoms with Crippen LogP contribution in [0.4, 0.5) is 5.95 Å². The van der Waals surface area contributed by atoms with E-state index in [-0.39, 0.29) is 5.75 Å². The van der Waals surface area contributed by atoms with E-state index in [1.807, 2.05) is 4.57 Å². The van der Waals surface area contributed by atoms with E-state index in [9.17, 15) is 4.79 Å². The van der Waals surface area contributed by atoms with Crippen molar-refractivity contribution in [3.8, 4) is 0 Å². The molecule has 3 N–H and O–H groups in total. The molecule has 0 unspecified atom stereocenters. The molecule has 0 bridgehead atoms. The summed E-state index contributed by atoms with van der Waals surface area (Å²) in [7, 11) is 2.12. The third-order valence-corrected chi connectivity index (χ3v) is 4.30. The second-order valence-corrected chi connectivity index (χ2v) is 5.82. The normalized spacial score (nSPS) is 17.7. The van der Waals surface area contributed by atoms with Crippen molar-refractivity contribution in [2.45, 2.75) is 24.5 Å². The Morgan fingerprint density at radius 2 is 2.16 bits per heavy atom. The number of carboxylic acid groups (broad SMARTS) is 1. The second-order valence-electron chi connectivity index (χ2n) is 4.88. The van der Waals surface area contributed by atoms with Crippen molar-refractivity contribution in [3.05, 3.63) is 0 Å². The van der Waals surface area contributed by atoms with Crippen LogP contribution < -0.4 is 5.73 Å². The fraction of sp³-hybridized carbons (Fsp3) is 0.727. The quantitative estimate of drug-likeness (QED) is 0.755. The summed E-state index contributed by atoms with van der Waals surface area (Å²) in [6, 6.07) is 0. The largest absolute Gasteiger partial charge is 0.481 e. The Hall–Kier alpha value is -1.28. The molecule has 2 rings (SSSR count). The monoisotopic (exact) mass is 285 g/mol. The van der Waals surface area contributed by atoms with Gasteiger partial charge in [0.2, 0.25) is 5.95 Å². The van der Waals surface area contributed by atoms with Crippen molar-refractivity contribution < 1.29 is 9.90 Å². The predicted octanol–water partition coefficient (Wildman–Crippen LogP) is 0.379. The topological polar surface area (TPSA) is 97.3 Å². The lowest BCUT2D eigenvalue weighted by Gasteiger charge is -2.29. The average molecular weight is 285 g/mol. The van der Waals surface area contributed by atoms with Crippen LogP contribution in [-0.4, -0.2) is 56.6 Å². The number of nitrogens with zero attached hydrogens (tertiary/aromatic N) is 4. The van der Waals surface area contributed by atoms with Crippen LogP contribution in [0.15, 0.2) is 5.16 Å². The highest BCUT2D eigenvalue weighted by Gasteiger charge is 2.20. The first-order chi connectivity index (χ1) is 9.06. The van der Waals surface area contributed by atoms with Gasteiger partial charge >= 0.3 is 5.97 Å². The number of aliphatic carboxylic acids is 1. The Labute approximate surface area is 116 Å². The zero-order chi connectivity index (χ0) is 13.8. The van der Waals surface area contributed by atoms with E-state index < -0.39 is 5.97 Å². The minimum atomic E-state index is -0.864. The Bertz CT molecular complexity index is 442. The van der Waals surface area contributed by atoms with Crippen LogP contribution in [-0.2, 0) is 11.3 Å². The molecule has 0 saturated carbocycles. The lowest BCUT2D eigenvalue weighted by molar-refractivity contribution is -0.133. The fourth-order valence-corrected chi connectivity index (χ4v) is 2.88. The summed E-state index contributed by atoms with van der Waals surface area (Å²) in [5, 5.41) is 17.1. The van der Waals surface area contributed by atoms with Gasteiger partial charge in [0.1, 0.15) is 0 Å². The van der Waals surface area contributed by atoms with Crippen molar-refractivity contribution >= 4 is 23.7 Å². The number of carbonyl (C=O) groups is 1. The van der Waals surface area contributed by atoms with Gasteiger partial charge in [-0.3, -0.25) is 9.36 Å². The van der Waals surface area contributed by atoms with E-state index in [0.29, 0.717) is 17.0 Å². The zero-order valence-corrected chi connectivity index (χ0v) is 11.8. The smallest absolute Gasteiger partial charge is 0.313 e. The number of thioether (sulfide) groups is 1. The molecule has 0 radical (unpaired) electrons. The lowest BCUT2D eigenvalue weighted by atomic mass is 9.97. The van der Waals surface area contributed by atoms with Crippen molar-refractivity contribution in [1.29, 1.82) is 0 Å². The molecule has 7 nitrogen and oxygen atoms in total. The summed E-state index contributed by atoms with van der Waals surface area (Å²) in [6.45, 7) is 2.95. The molecule has 1 aromatic heterocycles. The van der Waals surface area contributed by atoms with Crippen molar-refractivity contribution in [1.82, 2.24) is 19.7 Å². The molecule has 1 aliphatic rings. The Morgan fingerprint density at radius 1 is 1.47 bits per heavy atom. The van der Waals surface area contributed by atoms with Crippen LogP contribution in [0.3, 0.4) is 0 Å². The van der Waals surface area contributed by atoms with Gasteiger partial charge in [-0.25, -0.2) is 0 Å². The van der Waals surface area contributed by atoms with Gasteiger partial charge in [0.25, 0.3) is 0 Å². The minimum absolute atomic E-state index is 0.0223. The molecular formula is C11H19N5O2S. The molecular weight excluding hydrogens is 266 g/mol. The molecule has 1 saturated heterocycles. The highest BCUT2D eigenvalue weighted by atomic mass is 32.2. The van der Waals surface area contributed by atoms with Gasteiger partial charge < -0.3 is 15.7 Å². The van der Waals surface area contributed by atoms with Gasteiger partial charge in [-0.05, 0) is 38.9 Å². The Morgan fingerprint density at radius 3 is 2.79 bits per heavy atom. The molecule has 0 aliphatic carbocycles. The number of likely N-dealkylation sites (tertiary alicyclic amines) is 1. The zero-order valence-electron chi connectivity index (χ0n) is 10.9. The van der Waals surface area contributed by atoms with Gasteiger partial charge in [0.05, 0.1) is 5.75 Å². The fourth-order valence-electron chi connectivity index (χ4n) is 2.21. The Kier molecular flexibility index (Phi) is 4.65. The molecule has 0 aromatic carbocycles. The first-order valence-electron chi connectivity index (χ1n) is 6.28. The summed E-state index contributed by atoms with van der Waals surface area (Å²) in [4.78, 5) is 12.9. The summed E-state index contributed by atoms with van der Waals surface area (Å²) >= 11 is 1.16. The highest BCUT2D eigenvalue weighted by molar-refractivity contribution is 7.99. The minimum Gasteiger partial charge on any atom is -0.481 e. The highest BCUT2D eigenvalue weighted by Crippen LogP contribution is 2.23. The molecule has 2 heterocycles. The predicted molar refractivity (Wildman–Crippen MR) is 73.0 cm³/mol. The molecule has 1 fully saturated rings. The van der Waals surface area contributed by atoms with Crippen LogP contribution in [0.5, 0.6) is 0 Å². The van der Waals surface area contributed by atoms with E-state index >= 15 is 0 Å². The van der Waals surface area contributed by atoms with Crippen LogP contribution in [0.2, 0.25) is 0 Å². The third kappa shape index (κ3) is 3.84. The van der Waals surface area contributed by atoms with Gasteiger partial charge in [-0.1, -0.05) is 11.8 Å². The van der Waals surface area contributed by atoms with Crippen molar-refractivity contribution in [2.24, 2.45) is 5.92 Å². The molecule has 19 heavy (non-hydrogen) atoms. The molecule has 0 atom stereocenters. The SMILES string of the molecule is CN1CCC(Cn2c(N)nnc2SCC(=O)O)CC1.